The van der Waals surface area contributed by atoms with Crippen molar-refractivity contribution < 1.29 is 9.32 Å². The molecule has 0 aliphatic carbocycles. The molecule has 1 aromatic carbocycles. The van der Waals surface area contributed by atoms with E-state index in [1.54, 1.807) is 31.2 Å². The standard InChI is InChI=1S/C14H13N3O2/c1-3-12-13(9(2)19-17-12)14(18)16-11-6-4-5-10(7-11)8-15/h4-7H,3H2,1-2H3,(H,16,18). The monoisotopic (exact) mass is 255 g/mol. The Labute approximate surface area is 110 Å². The van der Waals surface area contributed by atoms with Crippen LogP contribution >= 0.6 is 0 Å². The lowest BCUT2D eigenvalue weighted by molar-refractivity contribution is 0.102. The van der Waals surface area contributed by atoms with Crippen LogP contribution in [0.3, 0.4) is 0 Å². The third-order valence-electron chi connectivity index (χ3n) is 2.74. The summed E-state index contributed by atoms with van der Waals surface area (Å²) in [5, 5.41) is 15.4. The minimum Gasteiger partial charge on any atom is -0.361 e. The van der Waals surface area contributed by atoms with Crippen LogP contribution in [-0.2, 0) is 6.42 Å². The highest BCUT2D eigenvalue weighted by Crippen LogP contribution is 2.17. The van der Waals surface area contributed by atoms with E-state index in [-0.39, 0.29) is 5.91 Å². The molecule has 0 atom stereocenters. The molecule has 1 heterocycles. The van der Waals surface area contributed by atoms with Crippen LogP contribution in [0.15, 0.2) is 28.8 Å². The SMILES string of the molecule is CCc1noc(C)c1C(=O)Nc1cccc(C#N)c1. The summed E-state index contributed by atoms with van der Waals surface area (Å²) in [6.07, 6.45) is 0.623. The first kappa shape index (κ1) is 12.8. The summed E-state index contributed by atoms with van der Waals surface area (Å²) in [6, 6.07) is 8.77. The molecule has 1 aromatic heterocycles. The Morgan fingerprint density at radius 1 is 1.53 bits per heavy atom. The van der Waals surface area contributed by atoms with E-state index in [1.807, 2.05) is 13.0 Å². The number of hydrogen-bond acceptors (Lipinski definition) is 4. The Hall–Kier alpha value is -2.61. The van der Waals surface area contributed by atoms with Gasteiger partial charge in [-0.25, -0.2) is 0 Å². The number of nitrogens with zero attached hydrogens (tertiary/aromatic N) is 2. The summed E-state index contributed by atoms with van der Waals surface area (Å²) in [4.78, 5) is 12.2. The molecule has 0 radical (unpaired) electrons. The van der Waals surface area contributed by atoms with E-state index in [4.69, 9.17) is 9.78 Å². The minimum absolute atomic E-state index is 0.273. The normalized spacial score (nSPS) is 9.95. The number of aryl methyl sites for hydroxylation is 2. The lowest BCUT2D eigenvalue weighted by Gasteiger charge is -2.05. The first-order valence-electron chi connectivity index (χ1n) is 5.92. The van der Waals surface area contributed by atoms with Gasteiger partial charge in [-0.2, -0.15) is 5.26 Å². The topological polar surface area (TPSA) is 78.9 Å². The van der Waals surface area contributed by atoms with Gasteiger partial charge in [0.1, 0.15) is 11.3 Å². The zero-order valence-electron chi connectivity index (χ0n) is 10.7. The Bertz CT molecular complexity index is 653. The average molecular weight is 255 g/mol. The maximum absolute atomic E-state index is 12.2. The van der Waals surface area contributed by atoms with Gasteiger partial charge in [-0.1, -0.05) is 18.1 Å². The molecule has 0 saturated carbocycles. The van der Waals surface area contributed by atoms with Crippen LogP contribution < -0.4 is 5.32 Å². The van der Waals surface area contributed by atoms with Crippen molar-refractivity contribution in [2.45, 2.75) is 20.3 Å². The highest BCUT2D eigenvalue weighted by Gasteiger charge is 2.19. The zero-order chi connectivity index (χ0) is 13.8. The molecule has 19 heavy (non-hydrogen) atoms. The summed E-state index contributed by atoms with van der Waals surface area (Å²) >= 11 is 0. The summed E-state index contributed by atoms with van der Waals surface area (Å²) in [6.45, 7) is 3.61. The van der Waals surface area contributed by atoms with E-state index in [0.717, 1.165) is 0 Å². The third-order valence-corrected chi connectivity index (χ3v) is 2.74. The fourth-order valence-electron chi connectivity index (χ4n) is 1.81. The maximum atomic E-state index is 12.2. The molecular formula is C14H13N3O2. The van der Waals surface area contributed by atoms with E-state index in [9.17, 15) is 4.79 Å². The molecule has 96 valence electrons. The number of amides is 1. The van der Waals surface area contributed by atoms with Crippen LogP contribution in [0.5, 0.6) is 0 Å². The number of anilines is 1. The second kappa shape index (κ2) is 5.36. The first-order valence-corrected chi connectivity index (χ1v) is 5.92. The molecule has 0 spiro atoms. The molecular weight excluding hydrogens is 242 g/mol. The van der Waals surface area contributed by atoms with Gasteiger partial charge in [0.25, 0.3) is 5.91 Å². The molecule has 0 saturated heterocycles. The summed E-state index contributed by atoms with van der Waals surface area (Å²) in [5.74, 6) is 0.219. The quantitative estimate of drug-likeness (QED) is 0.914. The second-order valence-corrected chi connectivity index (χ2v) is 4.06. The number of hydrogen-bond donors (Lipinski definition) is 1. The first-order chi connectivity index (χ1) is 9.15. The van der Waals surface area contributed by atoms with Crippen LogP contribution in [0.25, 0.3) is 0 Å². The van der Waals surface area contributed by atoms with Crippen LogP contribution in [0.2, 0.25) is 0 Å². The third kappa shape index (κ3) is 2.63. The smallest absolute Gasteiger partial charge is 0.261 e. The predicted molar refractivity (Wildman–Crippen MR) is 69.7 cm³/mol. The van der Waals surface area contributed by atoms with Gasteiger partial charge in [-0.05, 0) is 31.5 Å². The fourth-order valence-corrected chi connectivity index (χ4v) is 1.81. The van der Waals surface area contributed by atoms with Crippen molar-refractivity contribution in [2.75, 3.05) is 5.32 Å². The average Bonchev–Trinajstić information content (AvgIpc) is 2.80. The van der Waals surface area contributed by atoms with Gasteiger partial charge in [0, 0.05) is 5.69 Å². The highest BCUT2D eigenvalue weighted by atomic mass is 16.5. The number of carbonyl (C=O) groups is 1. The molecule has 5 nitrogen and oxygen atoms in total. The van der Waals surface area contributed by atoms with Crippen LogP contribution in [-0.4, -0.2) is 11.1 Å². The van der Waals surface area contributed by atoms with Crippen molar-refractivity contribution in [3.63, 3.8) is 0 Å². The van der Waals surface area contributed by atoms with Gasteiger partial charge in [-0.15, -0.1) is 0 Å². The van der Waals surface area contributed by atoms with Crippen LogP contribution in [0.4, 0.5) is 5.69 Å². The maximum Gasteiger partial charge on any atom is 0.261 e. The highest BCUT2D eigenvalue weighted by molar-refractivity contribution is 6.05. The molecule has 2 rings (SSSR count). The summed E-state index contributed by atoms with van der Waals surface area (Å²) in [5.41, 5.74) is 2.17. The second-order valence-electron chi connectivity index (χ2n) is 4.06. The number of nitrogens with one attached hydrogen (secondary N) is 1. The summed E-state index contributed by atoms with van der Waals surface area (Å²) < 4.78 is 5.03. The van der Waals surface area contributed by atoms with Gasteiger partial charge in [0.15, 0.2) is 0 Å². The van der Waals surface area contributed by atoms with Crippen molar-refractivity contribution >= 4 is 11.6 Å². The molecule has 0 fully saturated rings. The molecule has 0 unspecified atom stereocenters. The van der Waals surface area contributed by atoms with E-state index < -0.39 is 0 Å². The molecule has 0 aliphatic heterocycles. The van der Waals surface area contributed by atoms with Gasteiger partial charge < -0.3 is 9.84 Å². The zero-order valence-corrected chi connectivity index (χ0v) is 10.7. The van der Waals surface area contributed by atoms with Gasteiger partial charge in [-0.3, -0.25) is 4.79 Å². The van der Waals surface area contributed by atoms with Gasteiger partial charge in [0.2, 0.25) is 0 Å². The lowest BCUT2D eigenvalue weighted by Crippen LogP contribution is -2.14. The Morgan fingerprint density at radius 3 is 3.00 bits per heavy atom. The van der Waals surface area contributed by atoms with Crippen molar-refractivity contribution in [2.24, 2.45) is 0 Å². The molecule has 0 bridgehead atoms. The van der Waals surface area contributed by atoms with Crippen LogP contribution in [0, 0.1) is 18.3 Å². The molecule has 2 aromatic rings. The Morgan fingerprint density at radius 2 is 2.32 bits per heavy atom. The van der Waals surface area contributed by atoms with Crippen LogP contribution in [0.1, 0.15) is 34.3 Å². The number of benzene rings is 1. The van der Waals surface area contributed by atoms with E-state index in [1.165, 1.54) is 0 Å². The molecule has 1 amide bonds. The Kier molecular flexibility index (Phi) is 3.62. The van der Waals surface area contributed by atoms with Crippen molar-refractivity contribution in [3.8, 4) is 6.07 Å². The Balaban J connectivity index is 2.26. The number of rotatable bonds is 3. The van der Waals surface area contributed by atoms with E-state index in [2.05, 4.69) is 10.5 Å². The number of aromatic nitrogens is 1. The number of carbonyl (C=O) groups excluding carboxylic acids is 1. The van der Waals surface area contributed by atoms with Crippen molar-refractivity contribution in [1.29, 1.82) is 5.26 Å². The largest absolute Gasteiger partial charge is 0.361 e. The van der Waals surface area contributed by atoms with Gasteiger partial charge >= 0.3 is 0 Å². The van der Waals surface area contributed by atoms with E-state index >= 15 is 0 Å². The number of nitriles is 1. The summed E-state index contributed by atoms with van der Waals surface area (Å²) in [7, 11) is 0. The van der Waals surface area contributed by atoms with Crippen molar-refractivity contribution in [1.82, 2.24) is 5.16 Å². The lowest BCUT2D eigenvalue weighted by atomic mass is 10.1. The van der Waals surface area contributed by atoms with Crippen molar-refractivity contribution in [3.05, 3.63) is 46.8 Å². The molecule has 0 aliphatic rings. The fraction of sp³-hybridized carbons (Fsp3) is 0.214. The van der Waals surface area contributed by atoms with Gasteiger partial charge in [0.05, 0.1) is 17.3 Å². The predicted octanol–water partition coefficient (Wildman–Crippen LogP) is 2.67. The minimum atomic E-state index is -0.273. The van der Waals surface area contributed by atoms with E-state index in [0.29, 0.717) is 34.7 Å². The molecule has 5 heteroatoms. The molecule has 1 N–H and O–H groups in total.